The van der Waals surface area contributed by atoms with Gasteiger partial charge in [0.15, 0.2) is 17.6 Å². The van der Waals surface area contributed by atoms with Crippen molar-refractivity contribution in [1.82, 2.24) is 4.90 Å². The number of likely N-dealkylation sites (N-methyl/N-ethyl adjacent to an activating group) is 1. The van der Waals surface area contributed by atoms with Crippen molar-refractivity contribution in [2.24, 2.45) is 4.99 Å². The van der Waals surface area contributed by atoms with Crippen LogP contribution in [0.3, 0.4) is 0 Å². The molecule has 5 nitrogen and oxygen atoms in total. The largest absolute Gasteiger partial charge is 0.486 e. The van der Waals surface area contributed by atoms with Gasteiger partial charge in [0, 0.05) is 12.8 Å². The minimum atomic E-state index is -0.132. The highest BCUT2D eigenvalue weighted by Gasteiger charge is 2.24. The zero-order valence-corrected chi connectivity index (χ0v) is 14.0. The lowest BCUT2D eigenvalue weighted by Crippen LogP contribution is -2.42. The molecule has 3 rings (SSSR count). The van der Waals surface area contributed by atoms with E-state index in [4.69, 9.17) is 9.47 Å². The molecule has 2 heterocycles. The summed E-state index contributed by atoms with van der Waals surface area (Å²) in [5.74, 6) is 3.04. The summed E-state index contributed by atoms with van der Waals surface area (Å²) in [6.07, 6.45) is -0.132. The smallest absolute Gasteiger partial charge is 0.232 e. The van der Waals surface area contributed by atoms with Crippen molar-refractivity contribution >= 4 is 33.8 Å². The van der Waals surface area contributed by atoms with Crippen LogP contribution in [-0.4, -0.2) is 59.5 Å². The van der Waals surface area contributed by atoms with Gasteiger partial charge in [-0.05, 0) is 12.1 Å². The third-order valence-corrected chi connectivity index (χ3v) is 5.58. The van der Waals surface area contributed by atoms with Gasteiger partial charge in [0.25, 0.3) is 0 Å². The van der Waals surface area contributed by atoms with Crippen LogP contribution in [0.5, 0.6) is 11.5 Å². The van der Waals surface area contributed by atoms with Crippen molar-refractivity contribution < 1.29 is 14.3 Å². The van der Waals surface area contributed by atoms with E-state index in [9.17, 15) is 4.79 Å². The van der Waals surface area contributed by atoms with Gasteiger partial charge < -0.3 is 14.4 Å². The van der Waals surface area contributed by atoms with Gasteiger partial charge in [0.05, 0.1) is 18.8 Å². The van der Waals surface area contributed by atoms with Crippen LogP contribution in [0.4, 0.5) is 0 Å². The molecule has 0 saturated heterocycles. The normalized spacial score (nSPS) is 19.7. The minimum absolute atomic E-state index is 0.0858. The van der Waals surface area contributed by atoms with Gasteiger partial charge in [-0.25, -0.2) is 0 Å². The molecule has 1 aromatic rings. The highest BCUT2D eigenvalue weighted by Crippen LogP contribution is 2.31. The molecule has 0 aliphatic carbocycles. The van der Waals surface area contributed by atoms with Crippen LogP contribution in [0.1, 0.15) is 0 Å². The van der Waals surface area contributed by atoms with Crippen LogP contribution in [0.15, 0.2) is 29.3 Å². The van der Waals surface area contributed by atoms with Gasteiger partial charge in [-0.15, -0.1) is 0 Å². The minimum Gasteiger partial charge on any atom is -0.486 e. The lowest BCUT2D eigenvalue weighted by Gasteiger charge is -2.29. The molecule has 7 heteroatoms. The first-order valence-corrected chi connectivity index (χ1v) is 9.12. The van der Waals surface area contributed by atoms with Crippen LogP contribution >= 0.6 is 23.5 Å². The van der Waals surface area contributed by atoms with E-state index in [0.717, 1.165) is 28.2 Å². The Labute approximate surface area is 138 Å². The number of aliphatic imine (C=N–C) groups is 1. The maximum Gasteiger partial charge on any atom is 0.232 e. The number of carbonyl (C=O) groups excluding carboxylic acids is 1. The van der Waals surface area contributed by atoms with Crippen molar-refractivity contribution in [2.45, 2.75) is 6.10 Å². The number of carbonyl (C=O) groups is 1. The van der Waals surface area contributed by atoms with Crippen molar-refractivity contribution in [3.05, 3.63) is 24.3 Å². The van der Waals surface area contributed by atoms with Gasteiger partial charge >= 0.3 is 0 Å². The van der Waals surface area contributed by atoms with E-state index in [0.29, 0.717) is 18.9 Å². The Balaban J connectivity index is 1.47. The van der Waals surface area contributed by atoms with Crippen molar-refractivity contribution in [2.75, 3.05) is 38.2 Å². The number of hydrogen-bond acceptors (Lipinski definition) is 6. The standard InChI is InChI=1S/C15H18N2O3S2/c1-17(14(18)10-22-15-16-6-7-21-15)8-11-9-19-12-4-2-3-5-13(12)20-11/h2-5,11H,6-10H2,1H3. The highest BCUT2D eigenvalue weighted by molar-refractivity contribution is 8.39. The van der Waals surface area contributed by atoms with E-state index in [1.807, 2.05) is 24.3 Å². The highest BCUT2D eigenvalue weighted by atomic mass is 32.2. The molecule has 0 radical (unpaired) electrons. The summed E-state index contributed by atoms with van der Waals surface area (Å²) in [7, 11) is 1.80. The lowest BCUT2D eigenvalue weighted by molar-refractivity contribution is -0.128. The van der Waals surface area contributed by atoms with Crippen molar-refractivity contribution in [3.8, 4) is 11.5 Å². The lowest BCUT2D eigenvalue weighted by atomic mass is 10.2. The second-order valence-corrected chi connectivity index (χ2v) is 7.36. The molecule has 22 heavy (non-hydrogen) atoms. The maximum atomic E-state index is 12.2. The molecule has 1 atom stereocenters. The van der Waals surface area contributed by atoms with Crippen molar-refractivity contribution in [3.63, 3.8) is 0 Å². The molecule has 0 bridgehead atoms. The molecule has 2 aliphatic heterocycles. The summed E-state index contributed by atoms with van der Waals surface area (Å²) in [5.41, 5.74) is 0. The number of ether oxygens (including phenoxy) is 2. The number of hydrogen-bond donors (Lipinski definition) is 0. The molecular formula is C15H18N2O3S2. The second-order valence-electron chi connectivity index (χ2n) is 5.06. The van der Waals surface area contributed by atoms with Crippen LogP contribution in [0.2, 0.25) is 0 Å². The van der Waals surface area contributed by atoms with E-state index in [-0.39, 0.29) is 12.0 Å². The van der Waals surface area contributed by atoms with E-state index in [2.05, 4.69) is 4.99 Å². The van der Waals surface area contributed by atoms with E-state index >= 15 is 0 Å². The van der Waals surface area contributed by atoms with E-state index < -0.39 is 0 Å². The number of rotatable bonds is 4. The molecule has 0 spiro atoms. The monoisotopic (exact) mass is 338 g/mol. The second kappa shape index (κ2) is 7.28. The molecule has 118 valence electrons. The fourth-order valence-electron chi connectivity index (χ4n) is 2.20. The van der Waals surface area contributed by atoms with Crippen molar-refractivity contribution in [1.29, 1.82) is 0 Å². The number of thioether (sulfide) groups is 2. The zero-order chi connectivity index (χ0) is 15.4. The fourth-order valence-corrected chi connectivity index (χ4v) is 4.15. The average Bonchev–Trinajstić information content (AvgIpc) is 3.06. The Hall–Kier alpha value is -1.34. The summed E-state index contributed by atoms with van der Waals surface area (Å²) in [4.78, 5) is 18.2. The van der Waals surface area contributed by atoms with E-state index in [1.165, 1.54) is 11.8 Å². The summed E-state index contributed by atoms with van der Waals surface area (Å²) >= 11 is 3.24. The zero-order valence-electron chi connectivity index (χ0n) is 12.4. The summed E-state index contributed by atoms with van der Waals surface area (Å²) in [6.45, 7) is 1.85. The molecule has 2 aliphatic rings. The Morgan fingerprint density at radius 1 is 1.45 bits per heavy atom. The Morgan fingerprint density at radius 3 is 3.05 bits per heavy atom. The Kier molecular flexibility index (Phi) is 5.15. The number of fused-ring (bicyclic) bond motifs is 1. The summed E-state index contributed by atoms with van der Waals surface area (Å²) in [6, 6.07) is 7.60. The van der Waals surface area contributed by atoms with Gasteiger partial charge in [-0.2, -0.15) is 0 Å². The fraction of sp³-hybridized carbons (Fsp3) is 0.467. The summed E-state index contributed by atoms with van der Waals surface area (Å²) < 4.78 is 12.6. The number of para-hydroxylation sites is 2. The topological polar surface area (TPSA) is 51.1 Å². The third kappa shape index (κ3) is 3.89. The molecule has 1 unspecified atom stereocenters. The third-order valence-electron chi connectivity index (χ3n) is 3.35. The summed E-state index contributed by atoms with van der Waals surface area (Å²) in [5, 5.41) is 0. The molecule has 0 N–H and O–H groups in total. The molecule has 1 amide bonds. The van der Waals surface area contributed by atoms with Gasteiger partial charge in [-0.1, -0.05) is 35.7 Å². The first-order chi connectivity index (χ1) is 10.7. The predicted octanol–water partition coefficient (Wildman–Crippen LogP) is 2.12. The Bertz CT molecular complexity index is 580. The molecule has 0 fully saturated rings. The molecular weight excluding hydrogens is 320 g/mol. The van der Waals surface area contributed by atoms with Crippen LogP contribution in [-0.2, 0) is 4.79 Å². The first-order valence-electron chi connectivity index (χ1n) is 7.15. The van der Waals surface area contributed by atoms with Crippen LogP contribution < -0.4 is 9.47 Å². The van der Waals surface area contributed by atoms with Gasteiger partial charge in [0.1, 0.15) is 11.0 Å². The Morgan fingerprint density at radius 2 is 2.27 bits per heavy atom. The SMILES string of the molecule is CN(CC1COc2ccccc2O1)C(=O)CSC1=NCCS1. The van der Waals surface area contributed by atoms with Crippen LogP contribution in [0, 0.1) is 0 Å². The van der Waals surface area contributed by atoms with Gasteiger partial charge in [0.2, 0.25) is 5.91 Å². The molecule has 0 aromatic heterocycles. The first kappa shape index (κ1) is 15.6. The predicted molar refractivity (Wildman–Crippen MR) is 91.2 cm³/mol. The number of benzene rings is 1. The van der Waals surface area contributed by atoms with E-state index in [1.54, 1.807) is 23.7 Å². The molecule has 0 saturated carbocycles. The quantitative estimate of drug-likeness (QED) is 0.842. The number of amides is 1. The maximum absolute atomic E-state index is 12.2. The average molecular weight is 338 g/mol. The number of nitrogens with zero attached hydrogens (tertiary/aromatic N) is 2. The van der Waals surface area contributed by atoms with Gasteiger partial charge in [-0.3, -0.25) is 9.79 Å². The van der Waals surface area contributed by atoms with Crippen LogP contribution in [0.25, 0.3) is 0 Å². The molecule has 1 aromatic carbocycles.